The largest absolute Gasteiger partial charge is 0.368 e. The number of piperazine rings is 1. The van der Waals surface area contributed by atoms with Crippen LogP contribution in [0.3, 0.4) is 0 Å². The van der Waals surface area contributed by atoms with Crippen molar-refractivity contribution in [2.75, 3.05) is 36.0 Å². The molecule has 4 aromatic rings. The zero-order chi connectivity index (χ0) is 19.8. The molecule has 1 fully saturated rings. The van der Waals surface area contributed by atoms with Gasteiger partial charge in [0.2, 0.25) is 0 Å². The predicted octanol–water partition coefficient (Wildman–Crippen LogP) is 0.631. The van der Waals surface area contributed by atoms with Gasteiger partial charge in [0, 0.05) is 38.9 Å². The number of aromatic nitrogens is 7. The average Bonchev–Trinajstić information content (AvgIpc) is 3.31. The lowest BCUT2D eigenvalue weighted by atomic mass is 10.2. The maximum Gasteiger partial charge on any atom is 0.260 e. The average molecular weight is 389 g/mol. The van der Waals surface area contributed by atoms with Crippen molar-refractivity contribution in [2.24, 2.45) is 7.05 Å². The number of hydrogen-bond acceptors (Lipinski definition) is 8. The number of anilines is 2. The quantitative estimate of drug-likeness (QED) is 0.503. The molecule has 0 N–H and O–H groups in total. The Hall–Kier alpha value is -3.82. The van der Waals surface area contributed by atoms with E-state index in [9.17, 15) is 4.79 Å². The maximum absolute atomic E-state index is 12.2. The summed E-state index contributed by atoms with van der Waals surface area (Å²) in [5.74, 6) is 1.46. The number of benzene rings is 1. The summed E-state index contributed by atoms with van der Waals surface area (Å²) in [7, 11) is 1.71. The molecule has 0 saturated carbocycles. The molecule has 10 nitrogen and oxygen atoms in total. The number of nitrogens with zero attached hydrogens (tertiary/aromatic N) is 9. The monoisotopic (exact) mass is 389 g/mol. The molecule has 4 heterocycles. The van der Waals surface area contributed by atoms with Gasteiger partial charge in [-0.05, 0) is 18.2 Å². The minimum atomic E-state index is -0.0304. The molecule has 1 aliphatic heterocycles. The summed E-state index contributed by atoms with van der Waals surface area (Å²) in [6.07, 6.45) is 8.08. The van der Waals surface area contributed by atoms with E-state index in [0.29, 0.717) is 11.2 Å². The van der Waals surface area contributed by atoms with Crippen LogP contribution in [0.4, 0.5) is 11.5 Å². The lowest BCUT2D eigenvalue weighted by Crippen LogP contribution is -2.47. The zero-order valence-electron chi connectivity index (χ0n) is 15.9. The Kier molecular flexibility index (Phi) is 4.15. The summed E-state index contributed by atoms with van der Waals surface area (Å²) in [6, 6.07) is 5.84. The smallest absolute Gasteiger partial charge is 0.260 e. The maximum atomic E-state index is 12.2. The zero-order valence-corrected chi connectivity index (χ0v) is 15.9. The number of aryl methyl sites for hydroxylation is 1. The molecule has 0 aliphatic carbocycles. The van der Waals surface area contributed by atoms with E-state index in [1.54, 1.807) is 36.8 Å². The molecule has 0 radical (unpaired) electrons. The predicted molar refractivity (Wildman–Crippen MR) is 108 cm³/mol. The summed E-state index contributed by atoms with van der Waals surface area (Å²) < 4.78 is 3.09. The van der Waals surface area contributed by atoms with Crippen LogP contribution in [0, 0.1) is 0 Å². The molecular weight excluding hydrogens is 370 g/mol. The van der Waals surface area contributed by atoms with Crippen LogP contribution >= 0.6 is 0 Å². The third-order valence-electron chi connectivity index (χ3n) is 5.13. The van der Waals surface area contributed by atoms with Crippen LogP contribution < -0.4 is 15.4 Å². The lowest BCUT2D eigenvalue weighted by molar-refractivity contribution is 0.644. The van der Waals surface area contributed by atoms with Gasteiger partial charge in [-0.15, -0.1) is 0 Å². The molecule has 29 heavy (non-hydrogen) atoms. The minimum Gasteiger partial charge on any atom is -0.368 e. The summed E-state index contributed by atoms with van der Waals surface area (Å²) in [5, 5.41) is 4.74. The highest BCUT2D eigenvalue weighted by Gasteiger charge is 2.20. The Morgan fingerprint density at radius 1 is 0.931 bits per heavy atom. The van der Waals surface area contributed by atoms with Crippen molar-refractivity contribution < 1.29 is 0 Å². The highest BCUT2D eigenvalue weighted by atomic mass is 16.1. The van der Waals surface area contributed by atoms with Gasteiger partial charge >= 0.3 is 0 Å². The van der Waals surface area contributed by atoms with Crippen LogP contribution in [0.15, 0.2) is 54.4 Å². The van der Waals surface area contributed by atoms with E-state index in [2.05, 4.69) is 34.8 Å². The molecule has 0 unspecified atom stereocenters. The molecule has 10 heteroatoms. The number of hydrogen-bond donors (Lipinski definition) is 0. The molecule has 5 rings (SSSR count). The van der Waals surface area contributed by atoms with Crippen molar-refractivity contribution in [3.05, 3.63) is 59.9 Å². The highest BCUT2D eigenvalue weighted by molar-refractivity contribution is 5.81. The van der Waals surface area contributed by atoms with Crippen LogP contribution in [-0.2, 0) is 7.05 Å². The fourth-order valence-corrected chi connectivity index (χ4v) is 3.52. The second-order valence-corrected chi connectivity index (χ2v) is 6.91. The summed E-state index contributed by atoms with van der Waals surface area (Å²) in [5.41, 5.74) is 1.76. The fraction of sp³-hybridized carbons (Fsp3) is 0.263. The van der Waals surface area contributed by atoms with Crippen molar-refractivity contribution in [1.82, 2.24) is 34.3 Å². The van der Waals surface area contributed by atoms with E-state index >= 15 is 0 Å². The first-order valence-electron chi connectivity index (χ1n) is 9.31. The van der Waals surface area contributed by atoms with Crippen molar-refractivity contribution in [3.63, 3.8) is 0 Å². The van der Waals surface area contributed by atoms with Crippen LogP contribution in [0.1, 0.15) is 0 Å². The van der Waals surface area contributed by atoms with Gasteiger partial charge in [-0.1, -0.05) is 0 Å². The molecule has 1 aliphatic rings. The summed E-state index contributed by atoms with van der Waals surface area (Å²) >= 11 is 0. The van der Waals surface area contributed by atoms with Crippen LogP contribution in [0.2, 0.25) is 0 Å². The Morgan fingerprint density at radius 3 is 2.52 bits per heavy atom. The van der Waals surface area contributed by atoms with Gasteiger partial charge in [0.1, 0.15) is 18.5 Å². The number of fused-ring (bicyclic) bond motifs is 1. The van der Waals surface area contributed by atoms with E-state index < -0.39 is 0 Å². The van der Waals surface area contributed by atoms with Crippen molar-refractivity contribution in [3.8, 4) is 5.82 Å². The fourth-order valence-electron chi connectivity index (χ4n) is 3.52. The highest BCUT2D eigenvalue weighted by Crippen LogP contribution is 2.22. The van der Waals surface area contributed by atoms with Gasteiger partial charge in [-0.3, -0.25) is 9.78 Å². The van der Waals surface area contributed by atoms with E-state index in [0.717, 1.165) is 43.2 Å². The van der Waals surface area contributed by atoms with Crippen LogP contribution in [0.25, 0.3) is 16.7 Å². The number of rotatable bonds is 3. The molecule has 1 saturated heterocycles. The van der Waals surface area contributed by atoms with E-state index in [-0.39, 0.29) is 5.56 Å². The Morgan fingerprint density at radius 2 is 1.72 bits per heavy atom. The van der Waals surface area contributed by atoms with Gasteiger partial charge in [-0.25, -0.2) is 19.6 Å². The first kappa shape index (κ1) is 17.3. The second-order valence-electron chi connectivity index (χ2n) is 6.91. The molecular formula is C19H19N9O. The SMILES string of the molecule is Cn1cnc2cc(N3CCN(c4cncc(-n5cncn5)n4)CC3)ccc2c1=O. The van der Waals surface area contributed by atoms with Crippen LogP contribution in [0.5, 0.6) is 0 Å². The van der Waals surface area contributed by atoms with Crippen molar-refractivity contribution in [1.29, 1.82) is 0 Å². The van der Waals surface area contributed by atoms with E-state index in [1.807, 2.05) is 18.2 Å². The first-order valence-corrected chi connectivity index (χ1v) is 9.31. The minimum absolute atomic E-state index is 0.0304. The molecule has 0 amide bonds. The van der Waals surface area contributed by atoms with E-state index in [1.165, 1.54) is 10.9 Å². The standard InChI is InChI=1S/C19H19N9O/c1-25-13-22-16-8-14(2-3-15(16)19(25)29)26-4-6-27(7-5-26)17-9-20-10-18(24-17)28-12-21-11-23-28/h2-3,8-13H,4-7H2,1H3. The molecule has 0 spiro atoms. The summed E-state index contributed by atoms with van der Waals surface area (Å²) in [6.45, 7) is 3.31. The van der Waals surface area contributed by atoms with Crippen molar-refractivity contribution >= 4 is 22.4 Å². The Bertz CT molecular complexity index is 1210. The third-order valence-corrected chi connectivity index (χ3v) is 5.13. The second kappa shape index (κ2) is 6.97. The normalized spacial score (nSPS) is 14.5. The van der Waals surface area contributed by atoms with Gasteiger partial charge in [0.15, 0.2) is 5.82 Å². The third kappa shape index (κ3) is 3.18. The van der Waals surface area contributed by atoms with Gasteiger partial charge in [-0.2, -0.15) is 5.10 Å². The summed E-state index contributed by atoms with van der Waals surface area (Å²) in [4.78, 5) is 34.0. The Balaban J connectivity index is 1.33. The van der Waals surface area contributed by atoms with Gasteiger partial charge in [0.05, 0.1) is 29.6 Å². The van der Waals surface area contributed by atoms with Crippen molar-refractivity contribution in [2.45, 2.75) is 0 Å². The topological polar surface area (TPSA) is 97.9 Å². The molecule has 3 aromatic heterocycles. The molecule has 1 aromatic carbocycles. The van der Waals surface area contributed by atoms with Crippen LogP contribution in [-0.4, -0.2) is 60.5 Å². The molecule has 0 atom stereocenters. The molecule has 146 valence electrons. The van der Waals surface area contributed by atoms with Gasteiger partial charge < -0.3 is 14.4 Å². The lowest BCUT2D eigenvalue weighted by Gasteiger charge is -2.36. The molecule has 0 bridgehead atoms. The van der Waals surface area contributed by atoms with E-state index in [4.69, 9.17) is 0 Å². The first-order chi connectivity index (χ1) is 14.2. The van der Waals surface area contributed by atoms with Gasteiger partial charge in [0.25, 0.3) is 5.56 Å². The Labute approximate surface area is 166 Å².